The Hall–Kier alpha value is -3.12. The minimum Gasteiger partial charge on any atom is -0.373 e. The summed E-state index contributed by atoms with van der Waals surface area (Å²) >= 11 is 6.17. The fourth-order valence-electron chi connectivity index (χ4n) is 2.88. The van der Waals surface area contributed by atoms with Gasteiger partial charge >= 0.3 is 0 Å². The van der Waals surface area contributed by atoms with Crippen molar-refractivity contribution in [3.63, 3.8) is 0 Å². The second-order valence-corrected chi connectivity index (χ2v) is 6.27. The van der Waals surface area contributed by atoms with Gasteiger partial charge < -0.3 is 5.32 Å². The molecule has 4 rings (SSSR count). The summed E-state index contributed by atoms with van der Waals surface area (Å²) in [7, 11) is 1.69. The average molecular weight is 383 g/mol. The Bertz CT molecular complexity index is 1150. The van der Waals surface area contributed by atoms with Crippen LogP contribution in [0.3, 0.4) is 0 Å². The van der Waals surface area contributed by atoms with E-state index in [4.69, 9.17) is 11.6 Å². The molecule has 0 aliphatic carbocycles. The molecule has 7 heteroatoms. The Morgan fingerprint density at radius 1 is 1.00 bits per heavy atom. The van der Waals surface area contributed by atoms with E-state index < -0.39 is 11.6 Å². The number of pyridine rings is 1. The van der Waals surface area contributed by atoms with Gasteiger partial charge in [0.25, 0.3) is 0 Å². The molecule has 4 aromatic rings. The van der Waals surface area contributed by atoms with Crippen LogP contribution in [0.15, 0.2) is 54.9 Å². The van der Waals surface area contributed by atoms with Crippen molar-refractivity contribution < 1.29 is 8.78 Å². The predicted octanol–water partition coefficient (Wildman–Crippen LogP) is 5.33. The highest BCUT2D eigenvalue weighted by Gasteiger charge is 2.16. The molecule has 0 radical (unpaired) electrons. The van der Waals surface area contributed by atoms with E-state index in [1.807, 2.05) is 0 Å². The number of anilines is 1. The molecule has 0 saturated carbocycles. The number of halogens is 3. The molecular formula is C20H13ClF2N4. The van der Waals surface area contributed by atoms with Crippen LogP contribution < -0.4 is 5.32 Å². The Morgan fingerprint density at radius 3 is 2.59 bits per heavy atom. The van der Waals surface area contributed by atoms with E-state index in [-0.39, 0.29) is 5.52 Å². The Labute approximate surface area is 158 Å². The number of nitrogens with one attached hydrogen (secondary N) is 1. The first-order valence-corrected chi connectivity index (χ1v) is 8.49. The maximum Gasteiger partial charge on any atom is 0.163 e. The van der Waals surface area contributed by atoms with Crippen LogP contribution in [0, 0.1) is 11.6 Å². The number of hydrogen-bond acceptors (Lipinski definition) is 4. The first-order valence-electron chi connectivity index (χ1n) is 8.11. The van der Waals surface area contributed by atoms with Gasteiger partial charge in [-0.25, -0.2) is 18.7 Å². The zero-order valence-corrected chi connectivity index (χ0v) is 14.9. The van der Waals surface area contributed by atoms with Gasteiger partial charge in [-0.1, -0.05) is 11.6 Å². The molecule has 2 heterocycles. The number of nitrogens with zero attached hydrogens (tertiary/aromatic N) is 3. The SMILES string of the molecule is CNc1nc(-c2cccnc2)nc2c(F)cc(-c3cc(F)ccc3Cl)cc12. The average Bonchev–Trinajstić information content (AvgIpc) is 2.69. The second kappa shape index (κ2) is 6.89. The molecule has 0 saturated heterocycles. The zero-order chi connectivity index (χ0) is 19.0. The molecule has 0 atom stereocenters. The molecule has 27 heavy (non-hydrogen) atoms. The third-order valence-corrected chi connectivity index (χ3v) is 4.48. The summed E-state index contributed by atoms with van der Waals surface area (Å²) in [5.74, 6) is -0.193. The van der Waals surface area contributed by atoms with E-state index in [0.29, 0.717) is 38.7 Å². The number of rotatable bonds is 3. The molecule has 0 aliphatic heterocycles. The van der Waals surface area contributed by atoms with Gasteiger partial charge in [0.1, 0.15) is 23.0 Å². The van der Waals surface area contributed by atoms with Crippen molar-refractivity contribution in [3.8, 4) is 22.5 Å². The van der Waals surface area contributed by atoms with E-state index in [9.17, 15) is 8.78 Å². The molecule has 2 aromatic carbocycles. The number of aromatic nitrogens is 3. The van der Waals surface area contributed by atoms with Crippen LogP contribution in [0.1, 0.15) is 0 Å². The minimum absolute atomic E-state index is 0.157. The molecule has 0 spiro atoms. The Balaban J connectivity index is 1.96. The van der Waals surface area contributed by atoms with E-state index in [1.54, 1.807) is 37.6 Å². The van der Waals surface area contributed by atoms with E-state index in [2.05, 4.69) is 20.3 Å². The van der Waals surface area contributed by atoms with Gasteiger partial charge in [0.15, 0.2) is 5.82 Å². The van der Waals surface area contributed by atoms with E-state index in [1.165, 1.54) is 24.3 Å². The fourth-order valence-corrected chi connectivity index (χ4v) is 3.11. The van der Waals surface area contributed by atoms with Crippen LogP contribution in [-0.2, 0) is 0 Å². The molecule has 4 nitrogen and oxygen atoms in total. The summed E-state index contributed by atoms with van der Waals surface area (Å²) in [5.41, 5.74) is 1.67. The predicted molar refractivity (Wildman–Crippen MR) is 103 cm³/mol. The lowest BCUT2D eigenvalue weighted by Gasteiger charge is -2.12. The molecule has 2 aromatic heterocycles. The van der Waals surface area contributed by atoms with Gasteiger partial charge in [0, 0.05) is 41.0 Å². The van der Waals surface area contributed by atoms with Crippen molar-refractivity contribution >= 4 is 28.3 Å². The zero-order valence-electron chi connectivity index (χ0n) is 14.2. The maximum absolute atomic E-state index is 14.9. The molecule has 0 aliphatic rings. The van der Waals surface area contributed by atoms with Crippen LogP contribution in [0.4, 0.5) is 14.6 Å². The molecule has 134 valence electrons. The van der Waals surface area contributed by atoms with Crippen LogP contribution in [0.2, 0.25) is 5.02 Å². The molecule has 0 amide bonds. The summed E-state index contributed by atoms with van der Waals surface area (Å²) in [5, 5.41) is 3.77. The van der Waals surface area contributed by atoms with Crippen LogP contribution >= 0.6 is 11.6 Å². The molecule has 0 unspecified atom stereocenters. The normalized spacial score (nSPS) is 11.0. The van der Waals surface area contributed by atoms with Crippen LogP contribution in [-0.4, -0.2) is 22.0 Å². The lowest BCUT2D eigenvalue weighted by atomic mass is 10.0. The smallest absolute Gasteiger partial charge is 0.163 e. The van der Waals surface area contributed by atoms with Crippen molar-refractivity contribution in [3.05, 3.63) is 71.5 Å². The highest BCUT2D eigenvalue weighted by Crippen LogP contribution is 2.34. The lowest BCUT2D eigenvalue weighted by Crippen LogP contribution is -2.01. The number of benzene rings is 2. The van der Waals surface area contributed by atoms with Crippen molar-refractivity contribution in [1.82, 2.24) is 15.0 Å². The maximum atomic E-state index is 14.9. The Morgan fingerprint density at radius 2 is 1.85 bits per heavy atom. The van der Waals surface area contributed by atoms with Gasteiger partial charge in [-0.2, -0.15) is 0 Å². The van der Waals surface area contributed by atoms with Gasteiger partial charge in [-0.05, 0) is 48.0 Å². The summed E-state index contributed by atoms with van der Waals surface area (Å²) in [6.45, 7) is 0. The quantitative estimate of drug-likeness (QED) is 0.520. The third-order valence-electron chi connectivity index (χ3n) is 4.15. The molecule has 0 bridgehead atoms. The van der Waals surface area contributed by atoms with Gasteiger partial charge in [0.2, 0.25) is 0 Å². The van der Waals surface area contributed by atoms with Crippen LogP contribution in [0.25, 0.3) is 33.4 Å². The molecular weight excluding hydrogens is 370 g/mol. The fraction of sp³-hybridized carbons (Fsp3) is 0.0500. The molecule has 0 fully saturated rings. The second-order valence-electron chi connectivity index (χ2n) is 5.87. The van der Waals surface area contributed by atoms with Gasteiger partial charge in [-0.15, -0.1) is 0 Å². The van der Waals surface area contributed by atoms with E-state index >= 15 is 0 Å². The monoisotopic (exact) mass is 382 g/mol. The largest absolute Gasteiger partial charge is 0.373 e. The van der Waals surface area contributed by atoms with Crippen molar-refractivity contribution in [2.45, 2.75) is 0 Å². The number of hydrogen-bond donors (Lipinski definition) is 1. The highest BCUT2D eigenvalue weighted by atomic mass is 35.5. The summed E-state index contributed by atoms with van der Waals surface area (Å²) in [6.07, 6.45) is 3.25. The van der Waals surface area contributed by atoms with E-state index in [0.717, 1.165) is 0 Å². The summed E-state index contributed by atoms with van der Waals surface area (Å²) in [6, 6.07) is 10.5. The summed E-state index contributed by atoms with van der Waals surface area (Å²) in [4.78, 5) is 12.9. The van der Waals surface area contributed by atoms with Crippen molar-refractivity contribution in [2.75, 3.05) is 12.4 Å². The minimum atomic E-state index is -0.549. The number of fused-ring (bicyclic) bond motifs is 1. The topological polar surface area (TPSA) is 50.7 Å². The lowest BCUT2D eigenvalue weighted by molar-refractivity contribution is 0.628. The van der Waals surface area contributed by atoms with Gasteiger partial charge in [-0.3, -0.25) is 4.98 Å². The first kappa shape index (κ1) is 17.3. The highest BCUT2D eigenvalue weighted by molar-refractivity contribution is 6.33. The van der Waals surface area contributed by atoms with Gasteiger partial charge in [0.05, 0.1) is 0 Å². The third kappa shape index (κ3) is 3.19. The standard InChI is InChI=1S/C20H13ClF2N4/c1-24-20-15-7-12(14-9-13(22)4-5-16(14)21)8-17(23)18(15)26-19(27-20)11-3-2-6-25-10-11/h2-10H,1H3,(H,24,26,27). The van der Waals surface area contributed by atoms with Crippen LogP contribution in [0.5, 0.6) is 0 Å². The first-order chi connectivity index (χ1) is 13.1. The van der Waals surface area contributed by atoms with Crippen molar-refractivity contribution in [2.24, 2.45) is 0 Å². The summed E-state index contributed by atoms with van der Waals surface area (Å²) < 4.78 is 28.5. The molecule has 1 N–H and O–H groups in total. The Kier molecular flexibility index (Phi) is 4.41. The van der Waals surface area contributed by atoms with Crippen molar-refractivity contribution in [1.29, 1.82) is 0 Å².